The molecule has 1 aliphatic rings. The molecule has 1 saturated heterocycles. The van der Waals surface area contributed by atoms with E-state index >= 15 is 0 Å². The summed E-state index contributed by atoms with van der Waals surface area (Å²) < 4.78 is 39.4. The number of likely N-dealkylation sites (tertiary alicyclic amines) is 1. The van der Waals surface area contributed by atoms with Crippen LogP contribution < -0.4 is 5.73 Å². The molecule has 3 unspecified atom stereocenters. The predicted octanol–water partition coefficient (Wildman–Crippen LogP) is 2.17. The second kappa shape index (κ2) is 9.56. The predicted molar refractivity (Wildman–Crippen MR) is 115 cm³/mol. The van der Waals surface area contributed by atoms with Gasteiger partial charge in [0.1, 0.15) is 5.37 Å². The van der Waals surface area contributed by atoms with Crippen LogP contribution in [0.4, 0.5) is 0 Å². The van der Waals surface area contributed by atoms with Crippen molar-refractivity contribution in [2.75, 3.05) is 13.1 Å². The van der Waals surface area contributed by atoms with Gasteiger partial charge in [0.15, 0.2) is 9.84 Å². The maximum Gasteiger partial charge on any atom is 0.217 e. The molecular weight excluding hydrogens is 420 g/mol. The molecule has 0 spiro atoms. The fraction of sp³-hybridized carbons (Fsp3) is 0.318. The zero-order valence-electron chi connectivity index (χ0n) is 16.4. The van der Waals surface area contributed by atoms with Gasteiger partial charge in [0, 0.05) is 22.8 Å². The quantitative estimate of drug-likeness (QED) is 0.660. The number of nitrogens with two attached hydrogens (primary N) is 1. The van der Waals surface area contributed by atoms with Crippen LogP contribution in [0.15, 0.2) is 69.3 Å². The summed E-state index contributed by atoms with van der Waals surface area (Å²) in [6, 6.07) is 15.1. The second-order valence-corrected chi connectivity index (χ2v) is 10.9. The highest BCUT2D eigenvalue weighted by atomic mass is 32.2. The molecule has 2 aromatic rings. The third-order valence-electron chi connectivity index (χ3n) is 5.23. The number of terminal acetylenes is 1. The molecule has 1 heterocycles. The topological polar surface area (TPSA) is 97.5 Å². The Balaban J connectivity index is 1.86. The molecule has 3 atom stereocenters. The van der Waals surface area contributed by atoms with Crippen LogP contribution in [0.1, 0.15) is 19.3 Å². The molecule has 0 aliphatic carbocycles. The van der Waals surface area contributed by atoms with Gasteiger partial charge in [-0.15, -0.1) is 6.42 Å². The van der Waals surface area contributed by atoms with Gasteiger partial charge in [-0.25, -0.2) is 12.6 Å². The van der Waals surface area contributed by atoms with Gasteiger partial charge in [-0.2, -0.15) is 0 Å². The molecule has 1 aliphatic heterocycles. The van der Waals surface area contributed by atoms with E-state index in [4.69, 9.17) is 12.2 Å². The van der Waals surface area contributed by atoms with E-state index < -0.39 is 31.9 Å². The Bertz CT molecular complexity index is 1060. The first-order valence-corrected chi connectivity index (χ1v) is 12.3. The van der Waals surface area contributed by atoms with Crippen molar-refractivity contribution < 1.29 is 17.4 Å². The molecule has 158 valence electrons. The monoisotopic (exact) mass is 444 g/mol. The molecule has 0 aromatic heterocycles. The van der Waals surface area contributed by atoms with E-state index in [0.717, 1.165) is 0 Å². The van der Waals surface area contributed by atoms with Gasteiger partial charge in [0.2, 0.25) is 5.91 Å². The van der Waals surface area contributed by atoms with Crippen LogP contribution in [-0.4, -0.2) is 41.9 Å². The fourth-order valence-electron chi connectivity index (χ4n) is 3.73. The second-order valence-electron chi connectivity index (χ2n) is 7.29. The number of hydrogen-bond donors (Lipinski definition) is 1. The summed E-state index contributed by atoms with van der Waals surface area (Å²) in [5.74, 6) is 1.99. The number of rotatable bonds is 7. The molecule has 30 heavy (non-hydrogen) atoms. The molecule has 0 bridgehead atoms. The Kier molecular flexibility index (Phi) is 7.08. The number of primary amides is 1. The first-order chi connectivity index (χ1) is 14.3. The lowest BCUT2D eigenvalue weighted by atomic mass is 9.93. The highest BCUT2D eigenvalue weighted by Gasteiger charge is 2.38. The van der Waals surface area contributed by atoms with Crippen LogP contribution in [-0.2, 0) is 25.4 Å². The number of benzene rings is 2. The molecular formula is C22H24N2O4S2. The van der Waals surface area contributed by atoms with E-state index in [0.29, 0.717) is 29.2 Å². The van der Waals surface area contributed by atoms with Crippen LogP contribution in [0.25, 0.3) is 0 Å². The highest BCUT2D eigenvalue weighted by Crippen LogP contribution is 2.32. The van der Waals surface area contributed by atoms with E-state index in [2.05, 4.69) is 5.92 Å². The molecule has 0 saturated carbocycles. The lowest BCUT2D eigenvalue weighted by Gasteiger charge is -2.37. The van der Waals surface area contributed by atoms with Crippen LogP contribution in [0.3, 0.4) is 0 Å². The molecule has 3 rings (SSSR count). The van der Waals surface area contributed by atoms with Crippen molar-refractivity contribution in [1.82, 2.24) is 4.90 Å². The zero-order valence-corrected chi connectivity index (χ0v) is 18.1. The van der Waals surface area contributed by atoms with Crippen molar-refractivity contribution in [2.45, 2.75) is 39.3 Å². The standard InChI is InChI=1S/C22H24N2O4S2/c1-2-13-24-14-12-17(15-21(23)25)16-22(24)30(27,28)20-10-8-19(9-11-20)29(26)18-6-4-3-5-7-18/h1,3-11,17,22H,12-16H2,(H2,23,25). The van der Waals surface area contributed by atoms with Crippen LogP contribution in [0, 0.1) is 18.3 Å². The summed E-state index contributed by atoms with van der Waals surface area (Å²) in [6.45, 7) is 0.700. The number of piperidine rings is 1. The number of hydrogen-bond acceptors (Lipinski definition) is 5. The SMILES string of the molecule is C#CCN1CCC(CC(N)=O)CC1S(=O)(=O)c1ccc(S(=O)c2ccccc2)cc1. The summed E-state index contributed by atoms with van der Waals surface area (Å²) in [7, 11) is -5.12. The van der Waals surface area contributed by atoms with Gasteiger partial charge in [0.25, 0.3) is 0 Å². The molecule has 1 fully saturated rings. The third-order valence-corrected chi connectivity index (χ3v) is 8.77. The smallest absolute Gasteiger partial charge is 0.217 e. The van der Waals surface area contributed by atoms with Crippen LogP contribution in [0.5, 0.6) is 0 Å². The lowest BCUT2D eigenvalue weighted by Crippen LogP contribution is -2.47. The zero-order chi connectivity index (χ0) is 21.7. The van der Waals surface area contributed by atoms with Crippen molar-refractivity contribution in [3.63, 3.8) is 0 Å². The van der Waals surface area contributed by atoms with Crippen molar-refractivity contribution in [3.05, 3.63) is 54.6 Å². The number of carbonyl (C=O) groups is 1. The molecule has 2 aromatic carbocycles. The van der Waals surface area contributed by atoms with Gasteiger partial charge in [0.05, 0.1) is 22.2 Å². The van der Waals surface area contributed by atoms with Gasteiger partial charge in [-0.05, 0) is 55.2 Å². The lowest BCUT2D eigenvalue weighted by molar-refractivity contribution is -0.119. The molecule has 6 nitrogen and oxygen atoms in total. The van der Waals surface area contributed by atoms with E-state index in [9.17, 15) is 17.4 Å². The third kappa shape index (κ3) is 4.98. The summed E-state index contributed by atoms with van der Waals surface area (Å²) in [6.07, 6.45) is 6.56. The van der Waals surface area contributed by atoms with Crippen molar-refractivity contribution in [2.24, 2.45) is 11.7 Å². The minimum absolute atomic E-state index is 0.0962. The van der Waals surface area contributed by atoms with Crippen LogP contribution >= 0.6 is 0 Å². The van der Waals surface area contributed by atoms with E-state index in [-0.39, 0.29) is 23.8 Å². The van der Waals surface area contributed by atoms with Gasteiger partial charge in [-0.1, -0.05) is 24.1 Å². The van der Waals surface area contributed by atoms with Crippen LogP contribution in [0.2, 0.25) is 0 Å². The van der Waals surface area contributed by atoms with E-state index in [1.54, 1.807) is 41.3 Å². The van der Waals surface area contributed by atoms with Gasteiger partial charge < -0.3 is 5.73 Å². The minimum Gasteiger partial charge on any atom is -0.370 e. The Morgan fingerprint density at radius 2 is 1.77 bits per heavy atom. The number of amides is 1. The van der Waals surface area contributed by atoms with E-state index in [1.165, 1.54) is 12.1 Å². The number of sulfone groups is 1. The summed E-state index contributed by atoms with van der Waals surface area (Å²) in [5, 5.41) is -0.822. The normalized spacial score (nSPS) is 20.9. The summed E-state index contributed by atoms with van der Waals surface area (Å²) in [4.78, 5) is 14.4. The Hall–Kier alpha value is -2.47. The highest BCUT2D eigenvalue weighted by molar-refractivity contribution is 7.92. The van der Waals surface area contributed by atoms with Crippen molar-refractivity contribution in [3.8, 4) is 12.3 Å². The first kappa shape index (κ1) is 22.2. The van der Waals surface area contributed by atoms with Gasteiger partial charge in [-0.3, -0.25) is 9.69 Å². The average molecular weight is 445 g/mol. The number of nitrogens with zero attached hydrogens (tertiary/aromatic N) is 1. The average Bonchev–Trinajstić information content (AvgIpc) is 2.74. The first-order valence-electron chi connectivity index (χ1n) is 9.59. The van der Waals surface area contributed by atoms with E-state index in [1.807, 2.05) is 6.07 Å². The Labute approximate surface area is 179 Å². The van der Waals surface area contributed by atoms with Gasteiger partial charge >= 0.3 is 0 Å². The summed E-state index contributed by atoms with van der Waals surface area (Å²) >= 11 is 0. The molecule has 8 heteroatoms. The maximum absolute atomic E-state index is 13.4. The fourth-order valence-corrected chi connectivity index (χ4v) is 6.71. The Morgan fingerprint density at radius 1 is 1.13 bits per heavy atom. The molecule has 0 radical (unpaired) electrons. The molecule has 2 N–H and O–H groups in total. The maximum atomic E-state index is 13.4. The molecule has 1 amide bonds. The van der Waals surface area contributed by atoms with Crippen molar-refractivity contribution >= 4 is 26.5 Å². The van der Waals surface area contributed by atoms with Crippen molar-refractivity contribution in [1.29, 1.82) is 0 Å². The number of carbonyl (C=O) groups excluding carboxylic acids is 1. The Morgan fingerprint density at radius 3 is 2.37 bits per heavy atom. The summed E-state index contributed by atoms with van der Waals surface area (Å²) in [5.41, 5.74) is 5.31. The minimum atomic E-state index is -3.73. The largest absolute Gasteiger partial charge is 0.370 e.